The van der Waals surface area contributed by atoms with E-state index in [4.69, 9.17) is 10.8 Å². The van der Waals surface area contributed by atoms with E-state index in [1.807, 2.05) is 0 Å². The summed E-state index contributed by atoms with van der Waals surface area (Å²) in [4.78, 5) is 6.75. The van der Waals surface area contributed by atoms with Gasteiger partial charge in [0, 0.05) is 26.2 Å². The lowest BCUT2D eigenvalue weighted by atomic mass is 10.0. The number of aliphatic imine (C=N–C) groups is 1. The molecule has 3 N–H and O–H groups in total. The molecule has 19 heavy (non-hydrogen) atoms. The molecule has 4 nitrogen and oxygen atoms in total. The Labute approximate surface area is 134 Å². The molecule has 1 saturated heterocycles. The van der Waals surface area contributed by atoms with Crippen LogP contribution in [0.4, 0.5) is 0 Å². The number of hydrogen-bond donors (Lipinski definition) is 2. The second-order valence-corrected chi connectivity index (χ2v) is 5.27. The van der Waals surface area contributed by atoms with E-state index in [1.54, 1.807) is 0 Å². The largest absolute Gasteiger partial charge is 0.396 e. The Morgan fingerprint density at radius 3 is 2.37 bits per heavy atom. The van der Waals surface area contributed by atoms with Gasteiger partial charge in [-0.25, -0.2) is 0 Å². The molecule has 0 radical (unpaired) electrons. The van der Waals surface area contributed by atoms with Gasteiger partial charge in [0.2, 0.25) is 0 Å². The lowest BCUT2D eigenvalue weighted by Crippen LogP contribution is -2.38. The smallest absolute Gasteiger partial charge is 0.191 e. The average Bonchev–Trinajstić information content (AvgIpc) is 2.65. The van der Waals surface area contributed by atoms with E-state index < -0.39 is 0 Å². The fourth-order valence-corrected chi connectivity index (χ4v) is 2.54. The normalized spacial score (nSPS) is 18.6. The number of aliphatic hydroxyl groups excluding tert-OH is 1. The van der Waals surface area contributed by atoms with Crippen molar-refractivity contribution >= 4 is 29.9 Å². The third-order valence-electron chi connectivity index (χ3n) is 3.68. The van der Waals surface area contributed by atoms with Crippen molar-refractivity contribution in [1.82, 2.24) is 4.90 Å². The lowest BCUT2D eigenvalue weighted by molar-refractivity contribution is 0.253. The second-order valence-electron chi connectivity index (χ2n) is 5.27. The van der Waals surface area contributed by atoms with E-state index in [1.165, 1.54) is 25.7 Å². The highest BCUT2D eigenvalue weighted by atomic mass is 127. The Morgan fingerprint density at radius 1 is 1.21 bits per heavy atom. The van der Waals surface area contributed by atoms with Crippen molar-refractivity contribution in [3.8, 4) is 0 Å². The van der Waals surface area contributed by atoms with Crippen LogP contribution in [-0.2, 0) is 0 Å². The van der Waals surface area contributed by atoms with E-state index in [-0.39, 0.29) is 30.6 Å². The van der Waals surface area contributed by atoms with Crippen molar-refractivity contribution < 1.29 is 5.11 Å². The molecule has 0 saturated carbocycles. The first-order valence-corrected chi connectivity index (χ1v) is 7.43. The zero-order valence-electron chi connectivity index (χ0n) is 12.2. The fraction of sp³-hybridized carbons (Fsp3) is 0.929. The Morgan fingerprint density at radius 2 is 1.84 bits per heavy atom. The quantitative estimate of drug-likeness (QED) is 0.421. The van der Waals surface area contributed by atoms with Crippen molar-refractivity contribution in [1.29, 1.82) is 0 Å². The number of rotatable bonds is 6. The molecular weight excluding hydrogens is 353 g/mol. The van der Waals surface area contributed by atoms with Gasteiger partial charge in [-0.05, 0) is 31.6 Å². The van der Waals surface area contributed by atoms with E-state index in [2.05, 4.69) is 16.8 Å². The first-order chi connectivity index (χ1) is 8.77. The molecule has 1 rings (SSSR count). The molecule has 0 aliphatic carbocycles. The van der Waals surface area contributed by atoms with Crippen LogP contribution >= 0.6 is 24.0 Å². The number of likely N-dealkylation sites (tertiary alicyclic amines) is 1. The molecular formula is C14H30IN3O. The average molecular weight is 383 g/mol. The van der Waals surface area contributed by atoms with Gasteiger partial charge in [-0.1, -0.05) is 26.2 Å². The van der Waals surface area contributed by atoms with Crippen LogP contribution in [0.1, 0.15) is 51.9 Å². The van der Waals surface area contributed by atoms with Gasteiger partial charge >= 0.3 is 0 Å². The summed E-state index contributed by atoms with van der Waals surface area (Å²) >= 11 is 0. The van der Waals surface area contributed by atoms with Crippen LogP contribution in [-0.4, -0.2) is 42.2 Å². The minimum absolute atomic E-state index is 0. The van der Waals surface area contributed by atoms with Crippen molar-refractivity contribution in [3.63, 3.8) is 0 Å². The molecule has 1 unspecified atom stereocenters. The van der Waals surface area contributed by atoms with Gasteiger partial charge in [-0.15, -0.1) is 24.0 Å². The summed E-state index contributed by atoms with van der Waals surface area (Å²) in [6.45, 7) is 5.29. The predicted molar refractivity (Wildman–Crippen MR) is 92.0 cm³/mol. The zero-order chi connectivity index (χ0) is 13.2. The van der Waals surface area contributed by atoms with Crippen LogP contribution in [0, 0.1) is 5.92 Å². The monoisotopic (exact) mass is 383 g/mol. The van der Waals surface area contributed by atoms with E-state index in [9.17, 15) is 0 Å². The van der Waals surface area contributed by atoms with Crippen LogP contribution < -0.4 is 5.73 Å². The number of nitrogens with zero attached hydrogens (tertiary/aromatic N) is 2. The molecule has 0 aromatic carbocycles. The summed E-state index contributed by atoms with van der Waals surface area (Å²) in [5, 5.41) is 9.02. The van der Waals surface area contributed by atoms with E-state index >= 15 is 0 Å². The Bertz CT molecular complexity index is 235. The third kappa shape index (κ3) is 7.97. The highest BCUT2D eigenvalue weighted by molar-refractivity contribution is 14.0. The van der Waals surface area contributed by atoms with Crippen molar-refractivity contribution in [2.45, 2.75) is 51.9 Å². The number of aliphatic hydroxyl groups is 1. The topological polar surface area (TPSA) is 61.9 Å². The van der Waals surface area contributed by atoms with Gasteiger partial charge in [0.05, 0.1) is 0 Å². The molecule has 1 aliphatic heterocycles. The van der Waals surface area contributed by atoms with Crippen LogP contribution in [0.3, 0.4) is 0 Å². The molecule has 0 aromatic heterocycles. The molecule has 0 spiro atoms. The first-order valence-electron chi connectivity index (χ1n) is 7.43. The van der Waals surface area contributed by atoms with Gasteiger partial charge in [-0.3, -0.25) is 4.99 Å². The van der Waals surface area contributed by atoms with Crippen molar-refractivity contribution in [3.05, 3.63) is 0 Å². The van der Waals surface area contributed by atoms with Crippen LogP contribution in [0.25, 0.3) is 0 Å². The summed E-state index contributed by atoms with van der Waals surface area (Å²) in [5.41, 5.74) is 6.07. The number of guanidine groups is 1. The van der Waals surface area contributed by atoms with Gasteiger partial charge in [0.25, 0.3) is 0 Å². The second kappa shape index (κ2) is 11.8. The molecule has 5 heteroatoms. The van der Waals surface area contributed by atoms with Gasteiger partial charge < -0.3 is 15.7 Å². The standard InChI is InChI=1S/C14H29N3O.HI/c1-2-7-13(8-11-18)12-16-14(15)17-9-5-3-4-6-10-17;/h13,18H,2-12H2,1H3,(H2,15,16);1H. The Hall–Kier alpha value is -0.0400. The summed E-state index contributed by atoms with van der Waals surface area (Å²) in [6.07, 6.45) is 8.18. The van der Waals surface area contributed by atoms with Crippen molar-refractivity contribution in [2.24, 2.45) is 16.6 Å². The maximum atomic E-state index is 9.02. The highest BCUT2D eigenvalue weighted by Crippen LogP contribution is 2.12. The molecule has 0 amide bonds. The van der Waals surface area contributed by atoms with Crippen LogP contribution in [0.2, 0.25) is 0 Å². The SMILES string of the molecule is CCCC(CCO)CN=C(N)N1CCCCCC1.I. The maximum absolute atomic E-state index is 9.02. The molecule has 0 aromatic rings. The van der Waals surface area contributed by atoms with Crippen LogP contribution in [0.15, 0.2) is 4.99 Å². The summed E-state index contributed by atoms with van der Waals surface area (Å²) < 4.78 is 0. The molecule has 0 bridgehead atoms. The van der Waals surface area contributed by atoms with E-state index in [0.717, 1.165) is 38.9 Å². The highest BCUT2D eigenvalue weighted by Gasteiger charge is 2.12. The molecule has 1 fully saturated rings. The minimum Gasteiger partial charge on any atom is -0.396 e. The summed E-state index contributed by atoms with van der Waals surface area (Å²) in [6, 6.07) is 0. The van der Waals surface area contributed by atoms with Gasteiger partial charge in [0.1, 0.15) is 0 Å². The third-order valence-corrected chi connectivity index (χ3v) is 3.68. The van der Waals surface area contributed by atoms with Crippen LogP contribution in [0.5, 0.6) is 0 Å². The summed E-state index contributed by atoms with van der Waals surface area (Å²) in [5.74, 6) is 1.18. The number of hydrogen-bond acceptors (Lipinski definition) is 2. The number of nitrogens with two attached hydrogens (primary N) is 1. The minimum atomic E-state index is 0. The predicted octanol–water partition coefficient (Wildman–Crippen LogP) is 2.59. The zero-order valence-corrected chi connectivity index (χ0v) is 14.5. The Kier molecular flexibility index (Phi) is 11.7. The molecule has 1 atom stereocenters. The molecule has 114 valence electrons. The fourth-order valence-electron chi connectivity index (χ4n) is 2.54. The van der Waals surface area contributed by atoms with Gasteiger partial charge in [-0.2, -0.15) is 0 Å². The molecule has 1 aliphatic rings. The number of halogens is 1. The maximum Gasteiger partial charge on any atom is 0.191 e. The van der Waals surface area contributed by atoms with Gasteiger partial charge in [0.15, 0.2) is 5.96 Å². The van der Waals surface area contributed by atoms with E-state index in [0.29, 0.717) is 11.9 Å². The molecule has 1 heterocycles. The summed E-state index contributed by atoms with van der Waals surface area (Å²) in [7, 11) is 0. The first kappa shape index (κ1) is 19.0. The lowest BCUT2D eigenvalue weighted by Gasteiger charge is -2.22. The Balaban J connectivity index is 0.00000324. The van der Waals surface area contributed by atoms with Crippen molar-refractivity contribution in [2.75, 3.05) is 26.2 Å².